The van der Waals surface area contributed by atoms with Gasteiger partial charge in [0, 0.05) is 23.4 Å². The summed E-state index contributed by atoms with van der Waals surface area (Å²) in [6.07, 6.45) is 0. The van der Waals surface area contributed by atoms with Gasteiger partial charge in [-0.15, -0.1) is 0 Å². The summed E-state index contributed by atoms with van der Waals surface area (Å²) < 4.78 is 39.7. The van der Waals surface area contributed by atoms with Gasteiger partial charge in [-0.25, -0.2) is 13.2 Å². The molecule has 0 aromatic heterocycles. The number of nitrogens with one attached hydrogen (secondary N) is 1. The molecule has 2 aromatic rings. The standard InChI is InChI=1S/C14H12F3NO/c1-8(13-3-2-12(19)7-14(13)17)18-11-5-9(15)4-10(16)6-11/h2-8,18-19H,1H3. The third-order valence-electron chi connectivity index (χ3n) is 2.70. The van der Waals surface area contributed by atoms with Crippen LogP contribution in [0.25, 0.3) is 0 Å². The molecule has 0 saturated heterocycles. The van der Waals surface area contributed by atoms with Gasteiger partial charge >= 0.3 is 0 Å². The van der Waals surface area contributed by atoms with E-state index in [9.17, 15) is 13.2 Å². The molecule has 0 spiro atoms. The monoisotopic (exact) mass is 267 g/mol. The van der Waals surface area contributed by atoms with Crippen molar-refractivity contribution in [3.63, 3.8) is 0 Å². The van der Waals surface area contributed by atoms with Gasteiger partial charge in [-0.1, -0.05) is 6.07 Å². The van der Waals surface area contributed by atoms with Crippen LogP contribution in [0.15, 0.2) is 36.4 Å². The van der Waals surface area contributed by atoms with Gasteiger partial charge in [0.05, 0.1) is 6.04 Å². The predicted octanol–water partition coefficient (Wildman–Crippen LogP) is 3.98. The highest BCUT2D eigenvalue weighted by molar-refractivity contribution is 5.46. The maximum Gasteiger partial charge on any atom is 0.132 e. The molecular formula is C14H12F3NO. The molecule has 1 unspecified atom stereocenters. The van der Waals surface area contributed by atoms with E-state index in [0.29, 0.717) is 5.56 Å². The van der Waals surface area contributed by atoms with Crippen LogP contribution in [-0.4, -0.2) is 5.11 Å². The minimum atomic E-state index is -0.708. The van der Waals surface area contributed by atoms with E-state index in [0.717, 1.165) is 24.3 Å². The second kappa shape index (κ2) is 5.22. The third-order valence-corrected chi connectivity index (χ3v) is 2.70. The highest BCUT2D eigenvalue weighted by Crippen LogP contribution is 2.25. The predicted molar refractivity (Wildman–Crippen MR) is 66.5 cm³/mol. The molecule has 1 atom stereocenters. The van der Waals surface area contributed by atoms with E-state index in [-0.39, 0.29) is 11.4 Å². The van der Waals surface area contributed by atoms with Crippen LogP contribution in [0.5, 0.6) is 5.75 Å². The summed E-state index contributed by atoms with van der Waals surface area (Å²) in [6, 6.07) is 6.26. The van der Waals surface area contributed by atoms with Crippen molar-refractivity contribution >= 4 is 5.69 Å². The fraction of sp³-hybridized carbons (Fsp3) is 0.143. The van der Waals surface area contributed by atoms with Gasteiger partial charge in [-0.05, 0) is 25.1 Å². The van der Waals surface area contributed by atoms with E-state index < -0.39 is 23.5 Å². The first-order chi connectivity index (χ1) is 8.95. The fourth-order valence-electron chi connectivity index (χ4n) is 1.83. The molecule has 0 bridgehead atoms. The largest absolute Gasteiger partial charge is 0.508 e. The normalized spacial score (nSPS) is 12.2. The van der Waals surface area contributed by atoms with E-state index in [1.165, 1.54) is 12.1 Å². The number of hydrogen-bond acceptors (Lipinski definition) is 2. The Bertz CT molecular complexity index is 581. The quantitative estimate of drug-likeness (QED) is 0.881. The SMILES string of the molecule is CC(Nc1cc(F)cc(F)c1)c1ccc(O)cc1F. The van der Waals surface area contributed by atoms with E-state index in [1.54, 1.807) is 6.92 Å². The lowest BCUT2D eigenvalue weighted by Gasteiger charge is -2.16. The number of phenolic OH excluding ortho intramolecular Hbond substituents is 1. The molecule has 0 heterocycles. The summed E-state index contributed by atoms with van der Waals surface area (Å²) in [5, 5.41) is 11.9. The second-order valence-corrected chi connectivity index (χ2v) is 4.23. The lowest BCUT2D eigenvalue weighted by atomic mass is 10.1. The van der Waals surface area contributed by atoms with Gasteiger partial charge in [0.2, 0.25) is 0 Å². The Hall–Kier alpha value is -2.17. The molecule has 100 valence electrons. The minimum absolute atomic E-state index is 0.176. The van der Waals surface area contributed by atoms with Crippen LogP contribution < -0.4 is 5.32 Å². The van der Waals surface area contributed by atoms with Crippen LogP contribution in [0, 0.1) is 17.5 Å². The van der Waals surface area contributed by atoms with Crippen LogP contribution in [0.2, 0.25) is 0 Å². The molecule has 2 N–H and O–H groups in total. The summed E-state index contributed by atoms with van der Waals surface area (Å²) in [4.78, 5) is 0. The third kappa shape index (κ3) is 3.19. The zero-order valence-corrected chi connectivity index (χ0v) is 10.1. The van der Waals surface area contributed by atoms with Crippen molar-refractivity contribution in [2.45, 2.75) is 13.0 Å². The first-order valence-electron chi connectivity index (χ1n) is 5.67. The van der Waals surface area contributed by atoms with Crippen LogP contribution in [0.1, 0.15) is 18.5 Å². The molecule has 2 nitrogen and oxygen atoms in total. The number of benzene rings is 2. The number of aromatic hydroxyl groups is 1. The molecule has 2 rings (SSSR count). The number of rotatable bonds is 3. The lowest BCUT2D eigenvalue weighted by Crippen LogP contribution is -2.09. The number of phenols is 1. The van der Waals surface area contributed by atoms with Gasteiger partial charge < -0.3 is 10.4 Å². The smallest absolute Gasteiger partial charge is 0.132 e. The Morgan fingerprint density at radius 2 is 1.63 bits per heavy atom. The Labute approximate surface area is 108 Å². The van der Waals surface area contributed by atoms with E-state index >= 15 is 0 Å². The Morgan fingerprint density at radius 1 is 1.00 bits per heavy atom. The van der Waals surface area contributed by atoms with Crippen molar-refractivity contribution in [2.75, 3.05) is 5.32 Å². The zero-order valence-electron chi connectivity index (χ0n) is 10.1. The molecule has 0 saturated carbocycles. The van der Waals surface area contributed by atoms with E-state index in [2.05, 4.69) is 5.32 Å². The molecule has 0 aliphatic rings. The first-order valence-corrected chi connectivity index (χ1v) is 5.67. The van der Waals surface area contributed by atoms with Gasteiger partial charge in [0.15, 0.2) is 0 Å². The molecule has 5 heteroatoms. The number of halogens is 3. The van der Waals surface area contributed by atoms with Crippen molar-refractivity contribution in [3.8, 4) is 5.75 Å². The van der Waals surface area contributed by atoms with Gasteiger partial charge in [-0.2, -0.15) is 0 Å². The lowest BCUT2D eigenvalue weighted by molar-refractivity contribution is 0.467. The number of hydrogen-bond donors (Lipinski definition) is 2. The molecule has 0 aliphatic carbocycles. The molecule has 0 radical (unpaired) electrons. The maximum atomic E-state index is 13.6. The summed E-state index contributed by atoms with van der Waals surface area (Å²) in [7, 11) is 0. The molecule has 19 heavy (non-hydrogen) atoms. The van der Waals surface area contributed by atoms with E-state index in [1.807, 2.05) is 0 Å². The molecule has 2 aromatic carbocycles. The Balaban J connectivity index is 2.22. The average Bonchev–Trinajstić information content (AvgIpc) is 2.26. The highest BCUT2D eigenvalue weighted by Gasteiger charge is 2.12. The van der Waals surface area contributed by atoms with Crippen LogP contribution in [-0.2, 0) is 0 Å². The van der Waals surface area contributed by atoms with Crippen molar-refractivity contribution in [1.29, 1.82) is 0 Å². The van der Waals surface area contributed by atoms with Crippen LogP contribution >= 0.6 is 0 Å². The maximum absolute atomic E-state index is 13.6. The molecule has 0 amide bonds. The summed E-state index contributed by atoms with van der Waals surface area (Å²) in [5.41, 5.74) is 0.514. The van der Waals surface area contributed by atoms with Crippen molar-refractivity contribution < 1.29 is 18.3 Å². The van der Waals surface area contributed by atoms with Gasteiger partial charge in [-0.3, -0.25) is 0 Å². The topological polar surface area (TPSA) is 32.3 Å². The highest BCUT2D eigenvalue weighted by atomic mass is 19.1. The number of anilines is 1. The molecular weight excluding hydrogens is 255 g/mol. The van der Waals surface area contributed by atoms with Crippen molar-refractivity contribution in [3.05, 3.63) is 59.4 Å². The average molecular weight is 267 g/mol. The summed E-state index contributed by atoms with van der Waals surface area (Å²) in [6.45, 7) is 1.65. The van der Waals surface area contributed by atoms with Gasteiger partial charge in [0.1, 0.15) is 23.2 Å². The minimum Gasteiger partial charge on any atom is -0.508 e. The Morgan fingerprint density at radius 3 is 2.21 bits per heavy atom. The van der Waals surface area contributed by atoms with Crippen molar-refractivity contribution in [1.82, 2.24) is 0 Å². The summed E-state index contributed by atoms with van der Waals surface area (Å²) in [5.74, 6) is -2.18. The molecule has 0 aliphatic heterocycles. The van der Waals surface area contributed by atoms with E-state index in [4.69, 9.17) is 5.11 Å². The zero-order chi connectivity index (χ0) is 14.0. The van der Waals surface area contributed by atoms with Crippen LogP contribution in [0.3, 0.4) is 0 Å². The summed E-state index contributed by atoms with van der Waals surface area (Å²) >= 11 is 0. The fourth-order valence-corrected chi connectivity index (χ4v) is 1.83. The molecule has 0 fully saturated rings. The van der Waals surface area contributed by atoms with Crippen LogP contribution in [0.4, 0.5) is 18.9 Å². The Kier molecular flexibility index (Phi) is 3.64. The van der Waals surface area contributed by atoms with Crippen molar-refractivity contribution in [2.24, 2.45) is 0 Å². The van der Waals surface area contributed by atoms with Gasteiger partial charge in [0.25, 0.3) is 0 Å². The second-order valence-electron chi connectivity index (χ2n) is 4.23. The first kappa shape index (κ1) is 13.3.